The molecule has 0 radical (unpaired) electrons. The molecule has 1 unspecified atom stereocenters. The quantitative estimate of drug-likeness (QED) is 0.252. The second kappa shape index (κ2) is 7.70. The first-order chi connectivity index (χ1) is 15.8. The smallest absolute Gasteiger partial charge is 0.300 e. The lowest BCUT2D eigenvalue weighted by molar-refractivity contribution is -0.132. The lowest BCUT2D eigenvalue weighted by Crippen LogP contribution is -2.30. The third-order valence-corrected chi connectivity index (χ3v) is 5.67. The summed E-state index contributed by atoms with van der Waals surface area (Å²) in [6, 6.07) is 17.2. The van der Waals surface area contributed by atoms with Gasteiger partial charge in [0.2, 0.25) is 0 Å². The fraction of sp³-hybridized carbons (Fsp3) is 0.0769. The van der Waals surface area contributed by atoms with Gasteiger partial charge in [-0.2, -0.15) is 0 Å². The summed E-state index contributed by atoms with van der Waals surface area (Å²) in [5, 5.41) is 12.9. The number of Topliss-reactive ketones (excluding diaryl/α,β-unsaturated/α-hetero) is 1. The van der Waals surface area contributed by atoms with Crippen molar-refractivity contribution in [2.75, 3.05) is 4.90 Å². The lowest BCUT2D eigenvalue weighted by atomic mass is 9.97. The first-order valence-corrected chi connectivity index (χ1v) is 10.2. The van der Waals surface area contributed by atoms with Gasteiger partial charge in [0.25, 0.3) is 11.7 Å². The monoisotopic (exact) mass is 445 g/mol. The highest BCUT2D eigenvalue weighted by Crippen LogP contribution is 2.43. The van der Waals surface area contributed by atoms with Crippen molar-refractivity contribution >= 4 is 33.9 Å². The summed E-state index contributed by atoms with van der Waals surface area (Å²) in [6.45, 7) is 1.68. The normalized spacial score (nSPS) is 17.8. The van der Waals surface area contributed by atoms with Crippen molar-refractivity contribution < 1.29 is 27.9 Å². The van der Waals surface area contributed by atoms with E-state index in [1.807, 2.05) is 24.3 Å². The highest BCUT2D eigenvalue weighted by Gasteiger charge is 2.49. The molecule has 0 saturated carbocycles. The van der Waals surface area contributed by atoms with Crippen LogP contribution in [0, 0.1) is 18.6 Å². The Morgan fingerprint density at radius 2 is 1.70 bits per heavy atom. The van der Waals surface area contributed by atoms with Crippen molar-refractivity contribution in [1.29, 1.82) is 0 Å². The second-order valence-corrected chi connectivity index (χ2v) is 7.78. The number of hydrogen-bond acceptors (Lipinski definition) is 4. The predicted molar refractivity (Wildman–Crippen MR) is 119 cm³/mol. The van der Waals surface area contributed by atoms with Gasteiger partial charge in [0.05, 0.1) is 11.3 Å². The molecule has 1 saturated heterocycles. The van der Waals surface area contributed by atoms with Crippen LogP contribution in [-0.2, 0) is 9.59 Å². The maximum atomic E-state index is 14.7. The summed E-state index contributed by atoms with van der Waals surface area (Å²) in [5.74, 6) is -3.64. The van der Waals surface area contributed by atoms with Gasteiger partial charge in [0, 0.05) is 11.6 Å². The fourth-order valence-corrected chi connectivity index (χ4v) is 4.12. The molecule has 7 heteroatoms. The molecule has 2 heterocycles. The minimum atomic E-state index is -1.23. The molecule has 164 valence electrons. The van der Waals surface area contributed by atoms with Crippen LogP contribution in [0.15, 0.2) is 82.8 Å². The number of anilines is 1. The summed E-state index contributed by atoms with van der Waals surface area (Å²) in [4.78, 5) is 27.0. The Kier molecular flexibility index (Phi) is 4.82. The molecule has 1 N–H and O–H groups in total. The molecule has 1 aromatic heterocycles. The van der Waals surface area contributed by atoms with Gasteiger partial charge in [-0.3, -0.25) is 14.5 Å². The Hall–Kier alpha value is -4.26. The Balaban J connectivity index is 1.74. The van der Waals surface area contributed by atoms with Crippen molar-refractivity contribution in [1.82, 2.24) is 0 Å². The van der Waals surface area contributed by atoms with Gasteiger partial charge in [-0.25, -0.2) is 8.78 Å². The van der Waals surface area contributed by atoms with E-state index < -0.39 is 35.1 Å². The number of halogens is 2. The maximum Gasteiger partial charge on any atom is 0.300 e. The zero-order valence-electron chi connectivity index (χ0n) is 17.4. The zero-order chi connectivity index (χ0) is 23.3. The highest BCUT2D eigenvalue weighted by molar-refractivity contribution is 6.51. The van der Waals surface area contributed by atoms with E-state index in [0.717, 1.165) is 27.8 Å². The van der Waals surface area contributed by atoms with E-state index in [0.29, 0.717) is 17.4 Å². The molecule has 5 rings (SSSR count). The van der Waals surface area contributed by atoms with Crippen molar-refractivity contribution in [3.05, 3.63) is 107 Å². The Bertz CT molecular complexity index is 1470. The molecule has 1 aliphatic rings. The highest BCUT2D eigenvalue weighted by atomic mass is 19.1. The molecule has 33 heavy (non-hydrogen) atoms. The van der Waals surface area contributed by atoms with E-state index >= 15 is 0 Å². The van der Waals surface area contributed by atoms with Gasteiger partial charge in [0.15, 0.2) is 0 Å². The number of fused-ring (bicyclic) bond motifs is 1. The number of aliphatic hydroxyl groups excluding tert-OH is 1. The van der Waals surface area contributed by atoms with Gasteiger partial charge >= 0.3 is 0 Å². The average Bonchev–Trinajstić information content (AvgIpc) is 3.34. The fourth-order valence-electron chi connectivity index (χ4n) is 4.12. The predicted octanol–water partition coefficient (Wildman–Crippen LogP) is 5.65. The minimum absolute atomic E-state index is 0.165. The number of rotatable bonds is 3. The summed E-state index contributed by atoms with van der Waals surface area (Å²) < 4.78 is 33.9. The topological polar surface area (TPSA) is 70.8 Å². The summed E-state index contributed by atoms with van der Waals surface area (Å²) in [5.41, 5.74) is -0.219. The van der Waals surface area contributed by atoms with Gasteiger partial charge < -0.3 is 9.52 Å². The van der Waals surface area contributed by atoms with E-state index in [9.17, 15) is 23.5 Å². The van der Waals surface area contributed by atoms with Gasteiger partial charge in [-0.1, -0.05) is 36.4 Å². The van der Waals surface area contributed by atoms with E-state index in [1.165, 1.54) is 0 Å². The number of nitrogens with zero attached hydrogens (tertiary/aromatic N) is 1. The number of hydrogen-bond donors (Lipinski definition) is 1. The maximum absolute atomic E-state index is 14.7. The number of ketones is 1. The van der Waals surface area contributed by atoms with Crippen molar-refractivity contribution in [3.8, 4) is 0 Å². The van der Waals surface area contributed by atoms with Crippen LogP contribution in [0.25, 0.3) is 16.5 Å². The average molecular weight is 445 g/mol. The van der Waals surface area contributed by atoms with Crippen molar-refractivity contribution in [2.45, 2.75) is 13.0 Å². The van der Waals surface area contributed by atoms with Crippen LogP contribution in [0.5, 0.6) is 0 Å². The largest absolute Gasteiger partial charge is 0.507 e. The van der Waals surface area contributed by atoms with Gasteiger partial charge in [-0.05, 0) is 48.0 Å². The van der Waals surface area contributed by atoms with Crippen molar-refractivity contribution in [3.63, 3.8) is 0 Å². The number of aliphatic hydroxyl groups is 1. The molecule has 5 nitrogen and oxygen atoms in total. The van der Waals surface area contributed by atoms with Crippen LogP contribution < -0.4 is 4.90 Å². The third kappa shape index (κ3) is 3.38. The van der Waals surface area contributed by atoms with Crippen LogP contribution in [-0.4, -0.2) is 16.8 Å². The number of carbonyl (C=O) groups is 2. The van der Waals surface area contributed by atoms with Crippen LogP contribution in [0.4, 0.5) is 14.5 Å². The molecule has 1 atom stereocenters. The Labute approximate surface area is 187 Å². The number of furan rings is 1. The van der Waals surface area contributed by atoms with Crippen LogP contribution >= 0.6 is 0 Å². The standard InChI is InChI=1S/C26H17F2NO4/c1-14-6-11-21(33-14)23-22(24(30)17-8-7-15-4-2-3-5-16(15)12-17)25(31)26(32)29(23)20-10-9-18(27)13-19(20)28/h2-13,23,30H,1H3/b24-22-. The van der Waals surface area contributed by atoms with Gasteiger partial charge in [0.1, 0.15) is 35.0 Å². The van der Waals surface area contributed by atoms with Crippen molar-refractivity contribution in [2.24, 2.45) is 0 Å². The minimum Gasteiger partial charge on any atom is -0.507 e. The van der Waals surface area contributed by atoms with Crippen LogP contribution in [0.3, 0.4) is 0 Å². The molecule has 1 amide bonds. The number of amides is 1. The SMILES string of the molecule is Cc1ccc(C2/C(=C(/O)c3ccc4ccccc4c3)C(=O)C(=O)N2c2ccc(F)cc2F)o1. The van der Waals surface area contributed by atoms with Gasteiger partial charge in [-0.15, -0.1) is 0 Å². The number of carbonyl (C=O) groups excluding carboxylic acids is 2. The van der Waals surface area contributed by atoms with E-state index in [-0.39, 0.29) is 17.0 Å². The number of benzene rings is 3. The molecular formula is C26H17F2NO4. The first kappa shape index (κ1) is 20.6. The van der Waals surface area contributed by atoms with E-state index in [1.54, 1.807) is 37.3 Å². The Morgan fingerprint density at radius 1 is 0.939 bits per heavy atom. The number of aryl methyl sites for hydroxylation is 1. The lowest BCUT2D eigenvalue weighted by Gasteiger charge is -2.23. The third-order valence-electron chi connectivity index (χ3n) is 5.67. The molecule has 3 aromatic carbocycles. The van der Waals surface area contributed by atoms with Crippen LogP contribution in [0.1, 0.15) is 23.1 Å². The molecule has 0 bridgehead atoms. The van der Waals surface area contributed by atoms with E-state index in [4.69, 9.17) is 4.42 Å². The molecule has 0 spiro atoms. The van der Waals surface area contributed by atoms with E-state index in [2.05, 4.69) is 0 Å². The molecule has 0 aliphatic carbocycles. The second-order valence-electron chi connectivity index (χ2n) is 7.78. The molecular weight excluding hydrogens is 428 g/mol. The zero-order valence-corrected chi connectivity index (χ0v) is 17.4. The Morgan fingerprint density at radius 3 is 2.39 bits per heavy atom. The molecule has 1 fully saturated rings. The molecule has 4 aromatic rings. The summed E-state index contributed by atoms with van der Waals surface area (Å²) in [6.07, 6.45) is 0. The first-order valence-electron chi connectivity index (χ1n) is 10.2. The van der Waals surface area contributed by atoms with Crippen LogP contribution in [0.2, 0.25) is 0 Å². The molecule has 1 aliphatic heterocycles. The summed E-state index contributed by atoms with van der Waals surface area (Å²) >= 11 is 0. The summed E-state index contributed by atoms with van der Waals surface area (Å²) in [7, 11) is 0.